The summed E-state index contributed by atoms with van der Waals surface area (Å²) in [5.41, 5.74) is 1.73. The van der Waals surface area contributed by atoms with Gasteiger partial charge in [0.25, 0.3) is 0 Å². The molecule has 96 valence electrons. The second kappa shape index (κ2) is 5.21. The molecule has 0 spiro atoms. The molecular formula is C14H18N2OS. The number of nitrogens with zero attached hydrogens (tertiary/aromatic N) is 2. The zero-order valence-corrected chi connectivity index (χ0v) is 11.9. The summed E-state index contributed by atoms with van der Waals surface area (Å²) in [5.74, 6) is 0. The maximum Gasteiger partial charge on any atom is 0.103 e. The second-order valence-corrected chi connectivity index (χ2v) is 5.83. The minimum atomic E-state index is -0.0686. The van der Waals surface area contributed by atoms with Crippen LogP contribution in [0.5, 0.6) is 0 Å². The third kappa shape index (κ3) is 2.33. The van der Waals surface area contributed by atoms with Crippen molar-refractivity contribution in [3.8, 4) is 6.07 Å². The number of thioether (sulfide) groups is 1. The standard InChI is InChI=1S/C14H18N2OS/c1-14(2)10-17-8-7-16(14)12-5-4-6-13(18-3)11(12)9-15/h4-6H,7-8,10H2,1-3H3. The molecule has 1 saturated heterocycles. The van der Waals surface area contributed by atoms with Crippen LogP contribution >= 0.6 is 11.8 Å². The number of morpholine rings is 1. The van der Waals surface area contributed by atoms with E-state index in [1.165, 1.54) is 0 Å². The number of benzene rings is 1. The largest absolute Gasteiger partial charge is 0.377 e. The highest BCUT2D eigenvalue weighted by molar-refractivity contribution is 7.98. The average Bonchev–Trinajstić information content (AvgIpc) is 2.37. The summed E-state index contributed by atoms with van der Waals surface area (Å²) in [4.78, 5) is 3.33. The van der Waals surface area contributed by atoms with Gasteiger partial charge in [-0.25, -0.2) is 0 Å². The summed E-state index contributed by atoms with van der Waals surface area (Å²) >= 11 is 1.62. The van der Waals surface area contributed by atoms with E-state index in [4.69, 9.17) is 4.74 Å². The first-order valence-corrected chi connectivity index (χ1v) is 7.25. The molecule has 0 radical (unpaired) electrons. The van der Waals surface area contributed by atoms with E-state index in [1.54, 1.807) is 11.8 Å². The third-order valence-electron chi connectivity index (χ3n) is 3.27. The Morgan fingerprint density at radius 3 is 2.83 bits per heavy atom. The van der Waals surface area contributed by atoms with E-state index in [0.29, 0.717) is 6.61 Å². The van der Waals surface area contributed by atoms with Gasteiger partial charge in [-0.1, -0.05) is 6.07 Å². The SMILES string of the molecule is CSc1cccc(N2CCOCC2(C)C)c1C#N. The van der Waals surface area contributed by atoms with Crippen LogP contribution in [0.3, 0.4) is 0 Å². The van der Waals surface area contributed by atoms with E-state index in [2.05, 4.69) is 24.8 Å². The summed E-state index contributed by atoms with van der Waals surface area (Å²) in [5, 5.41) is 9.41. The lowest BCUT2D eigenvalue weighted by atomic mass is 10.00. The molecule has 1 aliphatic heterocycles. The Labute approximate surface area is 113 Å². The number of rotatable bonds is 2. The Balaban J connectivity index is 2.47. The Morgan fingerprint density at radius 2 is 2.22 bits per heavy atom. The van der Waals surface area contributed by atoms with Crippen LogP contribution in [0, 0.1) is 11.3 Å². The van der Waals surface area contributed by atoms with Gasteiger partial charge in [-0.3, -0.25) is 0 Å². The molecule has 2 rings (SSSR count). The van der Waals surface area contributed by atoms with Crippen molar-refractivity contribution < 1.29 is 4.74 Å². The minimum absolute atomic E-state index is 0.0686. The lowest BCUT2D eigenvalue weighted by molar-refractivity contribution is 0.0643. The van der Waals surface area contributed by atoms with Crippen molar-refractivity contribution in [2.45, 2.75) is 24.3 Å². The molecule has 0 atom stereocenters. The van der Waals surface area contributed by atoms with Crippen LogP contribution in [-0.4, -0.2) is 31.6 Å². The van der Waals surface area contributed by atoms with Gasteiger partial charge in [-0.05, 0) is 32.2 Å². The van der Waals surface area contributed by atoms with Crippen LogP contribution < -0.4 is 4.90 Å². The van der Waals surface area contributed by atoms with Gasteiger partial charge in [-0.15, -0.1) is 11.8 Å². The monoisotopic (exact) mass is 262 g/mol. The Bertz CT molecular complexity index is 479. The molecule has 3 nitrogen and oxygen atoms in total. The van der Waals surface area contributed by atoms with Crippen LogP contribution in [0.1, 0.15) is 19.4 Å². The highest BCUT2D eigenvalue weighted by atomic mass is 32.2. The molecule has 0 saturated carbocycles. The Kier molecular flexibility index (Phi) is 3.84. The smallest absolute Gasteiger partial charge is 0.103 e. The van der Waals surface area contributed by atoms with E-state index in [1.807, 2.05) is 24.5 Å². The van der Waals surface area contributed by atoms with E-state index >= 15 is 0 Å². The maximum absolute atomic E-state index is 9.41. The van der Waals surface area contributed by atoms with E-state index in [0.717, 1.165) is 29.3 Å². The summed E-state index contributed by atoms with van der Waals surface area (Å²) in [7, 11) is 0. The first-order valence-electron chi connectivity index (χ1n) is 6.02. The fourth-order valence-corrected chi connectivity index (χ4v) is 2.90. The predicted octanol–water partition coefficient (Wildman–Crippen LogP) is 2.90. The molecule has 4 heteroatoms. The Morgan fingerprint density at radius 1 is 1.44 bits per heavy atom. The summed E-state index contributed by atoms with van der Waals surface area (Å²) in [6, 6.07) is 8.40. The van der Waals surface area contributed by atoms with Crippen LogP contribution in [0.2, 0.25) is 0 Å². The highest BCUT2D eigenvalue weighted by Gasteiger charge is 2.32. The Hall–Kier alpha value is -1.18. The zero-order chi connectivity index (χ0) is 13.2. The quantitative estimate of drug-likeness (QED) is 0.768. The molecule has 0 aliphatic carbocycles. The topological polar surface area (TPSA) is 36.3 Å². The predicted molar refractivity (Wildman–Crippen MR) is 75.2 cm³/mol. The van der Waals surface area contributed by atoms with Crippen LogP contribution in [0.15, 0.2) is 23.1 Å². The molecule has 0 bridgehead atoms. The second-order valence-electron chi connectivity index (χ2n) is 4.98. The van der Waals surface area contributed by atoms with Crippen molar-refractivity contribution in [2.24, 2.45) is 0 Å². The van der Waals surface area contributed by atoms with Crippen molar-refractivity contribution in [1.29, 1.82) is 5.26 Å². The van der Waals surface area contributed by atoms with Crippen molar-refractivity contribution in [3.05, 3.63) is 23.8 Å². The van der Waals surface area contributed by atoms with Gasteiger partial charge in [0.05, 0.1) is 30.0 Å². The molecule has 0 unspecified atom stereocenters. The number of anilines is 1. The van der Waals surface area contributed by atoms with Gasteiger partial charge in [0.1, 0.15) is 6.07 Å². The maximum atomic E-state index is 9.41. The van der Waals surface area contributed by atoms with Crippen molar-refractivity contribution in [1.82, 2.24) is 0 Å². The van der Waals surface area contributed by atoms with Crippen molar-refractivity contribution in [3.63, 3.8) is 0 Å². The molecule has 18 heavy (non-hydrogen) atoms. The minimum Gasteiger partial charge on any atom is -0.377 e. The molecule has 0 amide bonds. The fraction of sp³-hybridized carbons (Fsp3) is 0.500. The van der Waals surface area contributed by atoms with Gasteiger partial charge in [-0.2, -0.15) is 5.26 Å². The van der Waals surface area contributed by atoms with Gasteiger partial charge in [0.15, 0.2) is 0 Å². The first kappa shape index (κ1) is 13.3. The molecule has 1 fully saturated rings. The van der Waals surface area contributed by atoms with Crippen LogP contribution in [-0.2, 0) is 4.74 Å². The highest BCUT2D eigenvalue weighted by Crippen LogP contribution is 2.34. The van der Waals surface area contributed by atoms with Gasteiger partial charge >= 0.3 is 0 Å². The third-order valence-corrected chi connectivity index (χ3v) is 4.05. The molecule has 0 aromatic heterocycles. The first-order chi connectivity index (χ1) is 8.60. The van der Waals surface area contributed by atoms with Crippen LogP contribution in [0.25, 0.3) is 0 Å². The lowest BCUT2D eigenvalue weighted by Gasteiger charge is -2.44. The molecule has 1 aromatic rings. The van der Waals surface area contributed by atoms with Gasteiger partial charge in [0, 0.05) is 11.4 Å². The van der Waals surface area contributed by atoms with Crippen molar-refractivity contribution >= 4 is 17.4 Å². The van der Waals surface area contributed by atoms with Crippen LogP contribution in [0.4, 0.5) is 5.69 Å². The summed E-state index contributed by atoms with van der Waals surface area (Å²) < 4.78 is 5.54. The fourth-order valence-electron chi connectivity index (χ4n) is 2.33. The number of hydrogen-bond acceptors (Lipinski definition) is 4. The van der Waals surface area contributed by atoms with E-state index in [-0.39, 0.29) is 5.54 Å². The number of hydrogen-bond donors (Lipinski definition) is 0. The van der Waals surface area contributed by atoms with Crippen molar-refractivity contribution in [2.75, 3.05) is 30.9 Å². The summed E-state index contributed by atoms with van der Waals surface area (Å²) in [6.07, 6.45) is 2.00. The lowest BCUT2D eigenvalue weighted by Crippen LogP contribution is -2.53. The van der Waals surface area contributed by atoms with Gasteiger partial charge in [0.2, 0.25) is 0 Å². The summed E-state index contributed by atoms with van der Waals surface area (Å²) in [6.45, 7) is 6.55. The zero-order valence-electron chi connectivity index (χ0n) is 11.1. The normalized spacial score (nSPS) is 18.4. The molecular weight excluding hydrogens is 244 g/mol. The number of nitriles is 1. The van der Waals surface area contributed by atoms with Gasteiger partial charge < -0.3 is 9.64 Å². The molecule has 1 heterocycles. The number of ether oxygens (including phenoxy) is 1. The van der Waals surface area contributed by atoms with E-state index < -0.39 is 0 Å². The molecule has 1 aliphatic rings. The molecule has 0 N–H and O–H groups in total. The molecule has 1 aromatic carbocycles. The van der Waals surface area contributed by atoms with E-state index in [9.17, 15) is 5.26 Å². The average molecular weight is 262 g/mol.